The molecule has 114 valence electrons. The Morgan fingerprint density at radius 1 is 1.18 bits per heavy atom. The van der Waals surface area contributed by atoms with E-state index in [0.717, 1.165) is 6.07 Å². The molecular formula is C14H11F3N4O. The van der Waals surface area contributed by atoms with Crippen molar-refractivity contribution in [1.29, 1.82) is 5.26 Å². The molecular weight excluding hydrogens is 297 g/mol. The number of halogens is 3. The molecule has 0 spiro atoms. The average molecular weight is 308 g/mol. The predicted molar refractivity (Wildman–Crippen MR) is 73.2 cm³/mol. The zero-order chi connectivity index (χ0) is 16.3. The Morgan fingerprint density at radius 3 is 2.45 bits per heavy atom. The van der Waals surface area contributed by atoms with Crippen LogP contribution < -0.4 is 17.0 Å². The first-order valence-corrected chi connectivity index (χ1v) is 6.01. The number of benzene rings is 1. The van der Waals surface area contributed by atoms with E-state index >= 15 is 0 Å². The van der Waals surface area contributed by atoms with Crippen LogP contribution in [0, 0.1) is 11.3 Å². The van der Waals surface area contributed by atoms with Gasteiger partial charge in [-0.2, -0.15) is 18.4 Å². The number of hydrogen-bond donors (Lipinski definition) is 3. The second-order valence-electron chi connectivity index (χ2n) is 4.25. The molecule has 0 aliphatic heterocycles. The van der Waals surface area contributed by atoms with Crippen LogP contribution >= 0.6 is 0 Å². The lowest BCUT2D eigenvalue weighted by Gasteiger charge is -2.10. The molecule has 0 saturated carbocycles. The van der Waals surface area contributed by atoms with Gasteiger partial charge in [0.2, 0.25) is 0 Å². The molecule has 1 aromatic carbocycles. The third-order valence-corrected chi connectivity index (χ3v) is 2.89. The van der Waals surface area contributed by atoms with Crippen molar-refractivity contribution in [3.05, 3.63) is 53.4 Å². The molecule has 5 N–H and O–H groups in total. The van der Waals surface area contributed by atoms with E-state index in [1.54, 1.807) is 6.07 Å². The monoisotopic (exact) mass is 308 g/mol. The summed E-state index contributed by atoms with van der Waals surface area (Å²) >= 11 is 0. The van der Waals surface area contributed by atoms with Crippen molar-refractivity contribution in [2.24, 2.45) is 11.6 Å². The van der Waals surface area contributed by atoms with Crippen molar-refractivity contribution in [2.75, 3.05) is 0 Å². The summed E-state index contributed by atoms with van der Waals surface area (Å²) in [5.74, 6) is 5.15. The highest BCUT2D eigenvalue weighted by Crippen LogP contribution is 2.37. The fourth-order valence-corrected chi connectivity index (χ4v) is 1.87. The van der Waals surface area contributed by atoms with Crippen LogP contribution in [0.25, 0.3) is 17.0 Å². The predicted octanol–water partition coefficient (Wildman–Crippen LogP) is 2.58. The molecule has 0 aliphatic rings. The molecule has 0 radical (unpaired) electrons. The van der Waals surface area contributed by atoms with Crippen molar-refractivity contribution in [3.8, 4) is 17.4 Å². The van der Waals surface area contributed by atoms with E-state index in [2.05, 4.69) is 5.43 Å². The quantitative estimate of drug-likeness (QED) is 0.459. The molecule has 0 unspecified atom stereocenters. The number of allylic oxidation sites excluding steroid dienone is 1. The summed E-state index contributed by atoms with van der Waals surface area (Å²) in [4.78, 5) is 0. The maximum absolute atomic E-state index is 13.0. The highest BCUT2D eigenvalue weighted by Gasteiger charge is 2.34. The van der Waals surface area contributed by atoms with E-state index in [1.165, 1.54) is 30.3 Å². The molecule has 8 heteroatoms. The van der Waals surface area contributed by atoms with Gasteiger partial charge in [0, 0.05) is 5.56 Å². The van der Waals surface area contributed by atoms with Gasteiger partial charge in [-0.05, 0) is 18.2 Å². The Kier molecular flexibility index (Phi) is 4.10. The molecule has 5 nitrogen and oxygen atoms in total. The van der Waals surface area contributed by atoms with E-state index in [0.29, 0.717) is 0 Å². The van der Waals surface area contributed by atoms with Crippen LogP contribution in [0.1, 0.15) is 11.3 Å². The van der Waals surface area contributed by atoms with Gasteiger partial charge in [-0.15, -0.1) is 0 Å². The number of nitrogens with one attached hydrogen (secondary N) is 1. The number of nitrogens with two attached hydrogens (primary N) is 2. The number of nitrogens with zero attached hydrogens (tertiary/aromatic N) is 1. The lowest BCUT2D eigenvalue weighted by Crippen LogP contribution is -2.23. The molecule has 0 saturated heterocycles. The summed E-state index contributed by atoms with van der Waals surface area (Å²) in [6, 6.07) is 9.43. The number of hydrazine groups is 1. The second-order valence-corrected chi connectivity index (χ2v) is 4.25. The van der Waals surface area contributed by atoms with Crippen molar-refractivity contribution < 1.29 is 17.6 Å². The van der Waals surface area contributed by atoms with Gasteiger partial charge in [-0.25, -0.2) is 5.84 Å². The van der Waals surface area contributed by atoms with Crippen molar-refractivity contribution in [2.45, 2.75) is 6.18 Å². The topological polar surface area (TPSA) is 101 Å². The van der Waals surface area contributed by atoms with Crippen LogP contribution in [-0.2, 0) is 6.18 Å². The minimum Gasteiger partial charge on any atom is -0.454 e. The minimum atomic E-state index is -4.51. The highest BCUT2D eigenvalue weighted by atomic mass is 19.4. The largest absolute Gasteiger partial charge is 0.454 e. The van der Waals surface area contributed by atoms with E-state index < -0.39 is 11.7 Å². The fourth-order valence-electron chi connectivity index (χ4n) is 1.87. The third kappa shape index (κ3) is 2.89. The molecule has 2 rings (SSSR count). The first-order valence-electron chi connectivity index (χ1n) is 6.01. The highest BCUT2D eigenvalue weighted by molar-refractivity contribution is 5.69. The van der Waals surface area contributed by atoms with Gasteiger partial charge in [0.1, 0.15) is 17.5 Å². The Labute approximate surface area is 123 Å². The van der Waals surface area contributed by atoms with Crippen molar-refractivity contribution >= 4 is 5.70 Å². The normalized spacial score (nSPS) is 12.5. The molecule has 0 bridgehead atoms. The SMILES string of the molecule is N#C/C(NN)=C(/N)c1ccc(-c2ccccc2C(F)(F)F)o1. The van der Waals surface area contributed by atoms with Crippen LogP contribution in [0.4, 0.5) is 13.2 Å². The Morgan fingerprint density at radius 2 is 1.86 bits per heavy atom. The van der Waals surface area contributed by atoms with Crippen molar-refractivity contribution in [1.82, 2.24) is 5.43 Å². The van der Waals surface area contributed by atoms with E-state index in [9.17, 15) is 13.2 Å². The molecule has 22 heavy (non-hydrogen) atoms. The Bertz CT molecular complexity index is 756. The maximum atomic E-state index is 13.0. The zero-order valence-corrected chi connectivity index (χ0v) is 11.1. The molecule has 1 heterocycles. The lowest BCUT2D eigenvalue weighted by atomic mass is 10.1. The number of hydrogen-bond acceptors (Lipinski definition) is 5. The first kappa shape index (κ1) is 15.5. The second kappa shape index (κ2) is 5.83. The molecule has 0 atom stereocenters. The van der Waals surface area contributed by atoms with Gasteiger partial charge >= 0.3 is 6.18 Å². The van der Waals surface area contributed by atoms with Crippen LogP contribution in [0.2, 0.25) is 0 Å². The van der Waals surface area contributed by atoms with Gasteiger partial charge in [-0.1, -0.05) is 18.2 Å². The summed E-state index contributed by atoms with van der Waals surface area (Å²) in [5, 5.41) is 8.81. The van der Waals surface area contributed by atoms with E-state index in [4.69, 9.17) is 21.3 Å². The van der Waals surface area contributed by atoms with Crippen molar-refractivity contribution in [3.63, 3.8) is 0 Å². The van der Waals surface area contributed by atoms with Crippen LogP contribution in [0.5, 0.6) is 0 Å². The molecule has 1 aromatic heterocycles. The number of furan rings is 1. The Hall–Kier alpha value is -2.92. The zero-order valence-electron chi connectivity index (χ0n) is 11.1. The molecule has 0 fully saturated rings. The van der Waals surface area contributed by atoms with Crippen LogP contribution in [0.3, 0.4) is 0 Å². The molecule has 0 amide bonds. The van der Waals surface area contributed by atoms with Gasteiger partial charge in [0.05, 0.1) is 5.56 Å². The Balaban J connectivity index is 2.51. The lowest BCUT2D eigenvalue weighted by molar-refractivity contribution is -0.137. The van der Waals surface area contributed by atoms with Gasteiger partial charge in [0.25, 0.3) is 0 Å². The van der Waals surface area contributed by atoms with Gasteiger partial charge in [0.15, 0.2) is 11.5 Å². The first-order chi connectivity index (χ1) is 10.4. The smallest absolute Gasteiger partial charge is 0.417 e. The summed E-state index contributed by atoms with van der Waals surface area (Å²) in [6.45, 7) is 0. The van der Waals surface area contributed by atoms with Gasteiger partial charge in [-0.3, -0.25) is 0 Å². The summed E-state index contributed by atoms with van der Waals surface area (Å²) in [5.41, 5.74) is 6.58. The fraction of sp³-hybridized carbons (Fsp3) is 0.0714. The summed E-state index contributed by atoms with van der Waals surface area (Å²) in [7, 11) is 0. The standard InChI is InChI=1S/C14H11F3N4O/c15-14(16,17)9-4-2-1-3-8(9)11-5-6-12(22-11)13(19)10(7-18)21-20/h1-6,21H,19-20H2/b13-10-. The average Bonchev–Trinajstić information content (AvgIpc) is 2.97. The van der Waals surface area contributed by atoms with E-state index in [1.807, 2.05) is 0 Å². The van der Waals surface area contributed by atoms with Crippen LogP contribution in [-0.4, -0.2) is 0 Å². The summed E-state index contributed by atoms with van der Waals surface area (Å²) < 4.78 is 44.3. The number of rotatable bonds is 3. The maximum Gasteiger partial charge on any atom is 0.417 e. The van der Waals surface area contributed by atoms with E-state index in [-0.39, 0.29) is 28.5 Å². The molecule has 2 aromatic rings. The third-order valence-electron chi connectivity index (χ3n) is 2.89. The number of alkyl halides is 3. The minimum absolute atomic E-state index is 0.0137. The summed E-state index contributed by atoms with van der Waals surface area (Å²) in [6.07, 6.45) is -4.51. The molecule has 0 aliphatic carbocycles. The number of nitriles is 1. The van der Waals surface area contributed by atoms with Gasteiger partial charge < -0.3 is 15.6 Å². The van der Waals surface area contributed by atoms with Crippen LogP contribution in [0.15, 0.2) is 46.5 Å².